The smallest absolute Gasteiger partial charge is 0.270 e. The number of rotatable bonds is 10. The van der Waals surface area contributed by atoms with Gasteiger partial charge < -0.3 is 25.6 Å². The highest BCUT2D eigenvalue weighted by molar-refractivity contribution is 6.00. The molecule has 178 valence electrons. The molecule has 3 atom stereocenters. The lowest BCUT2D eigenvalue weighted by Crippen LogP contribution is -2.53. The maximum Gasteiger partial charge on any atom is 0.270 e. The maximum absolute atomic E-state index is 13.3. The van der Waals surface area contributed by atoms with E-state index in [9.17, 15) is 24.3 Å². The summed E-state index contributed by atoms with van der Waals surface area (Å²) in [4.78, 5) is 55.2. The zero-order chi connectivity index (χ0) is 24.1. The Kier molecular flexibility index (Phi) is 7.86. The fraction of sp³-hybridized carbons (Fsp3) is 0.500. The van der Waals surface area contributed by atoms with Crippen molar-refractivity contribution in [3.05, 3.63) is 36.0 Å². The Labute approximate surface area is 192 Å². The van der Waals surface area contributed by atoms with Crippen LogP contribution in [-0.4, -0.2) is 70.8 Å². The van der Waals surface area contributed by atoms with Crippen molar-refractivity contribution in [2.45, 2.75) is 45.2 Å². The highest BCUT2D eigenvalue weighted by Gasteiger charge is 2.34. The topological polar surface area (TPSA) is 132 Å². The van der Waals surface area contributed by atoms with Crippen LogP contribution in [0.2, 0.25) is 0 Å². The molecule has 2 unspecified atom stereocenters. The number of H-pyrrole nitrogens is 1. The third-order valence-electron chi connectivity index (χ3n) is 6.09. The number of fused-ring (bicyclic) bond motifs is 1. The number of nitrogens with one attached hydrogen (secondary N) is 3. The van der Waals surface area contributed by atoms with Crippen LogP contribution in [0.4, 0.5) is 0 Å². The van der Waals surface area contributed by atoms with Crippen molar-refractivity contribution in [2.24, 2.45) is 11.8 Å². The van der Waals surface area contributed by atoms with Gasteiger partial charge in [-0.1, -0.05) is 32.0 Å². The first-order valence-corrected chi connectivity index (χ1v) is 11.3. The first kappa shape index (κ1) is 24.4. The fourth-order valence-corrected chi connectivity index (χ4v) is 4.21. The number of aliphatic hydroxyl groups is 1. The monoisotopic (exact) mass is 456 g/mol. The number of aromatic amines is 1. The molecule has 1 aromatic carbocycles. The zero-order valence-electron chi connectivity index (χ0n) is 19.3. The summed E-state index contributed by atoms with van der Waals surface area (Å²) in [5.41, 5.74) is 1.19. The molecule has 1 aromatic heterocycles. The molecule has 0 saturated carbocycles. The zero-order valence-corrected chi connectivity index (χ0v) is 19.3. The van der Waals surface area contributed by atoms with Crippen molar-refractivity contribution < 1.29 is 24.3 Å². The van der Waals surface area contributed by atoms with E-state index in [2.05, 4.69) is 15.6 Å². The predicted molar refractivity (Wildman–Crippen MR) is 123 cm³/mol. The van der Waals surface area contributed by atoms with Gasteiger partial charge >= 0.3 is 0 Å². The van der Waals surface area contributed by atoms with Crippen molar-refractivity contribution in [1.82, 2.24) is 20.5 Å². The van der Waals surface area contributed by atoms with Crippen LogP contribution in [0.25, 0.3) is 10.9 Å². The molecule has 3 rings (SSSR count). The lowest BCUT2D eigenvalue weighted by atomic mass is 9.95. The van der Waals surface area contributed by atoms with Gasteiger partial charge in [0.05, 0.1) is 6.04 Å². The third kappa shape index (κ3) is 5.78. The number of carbonyl (C=O) groups excluding carboxylic acids is 4. The third-order valence-corrected chi connectivity index (χ3v) is 6.09. The number of amides is 3. The van der Waals surface area contributed by atoms with Crippen LogP contribution in [0.1, 0.15) is 43.6 Å². The fourth-order valence-electron chi connectivity index (χ4n) is 4.21. The molecule has 1 aliphatic heterocycles. The molecular weight excluding hydrogens is 424 g/mol. The minimum atomic E-state index is -0.998. The Hall–Kier alpha value is -3.20. The molecule has 1 saturated heterocycles. The standard InChI is InChI=1S/C24H32N4O5/c1-14(2)10-20(28(3)24(33)19-11-15-6-4-5-7-17(15)26-19)23(32)27-18(21(30)13-29)12-16-8-9-25-22(16)31/h4-7,11,14,16,18,20,26,29H,8-10,12-13H2,1-3H3,(H,25,31)(H,27,32)/t16-,18?,20?/m0/s1. The quantitative estimate of drug-likeness (QED) is 0.427. The van der Waals surface area contributed by atoms with Crippen LogP contribution in [0.5, 0.6) is 0 Å². The van der Waals surface area contributed by atoms with Crippen molar-refractivity contribution in [1.29, 1.82) is 0 Å². The molecule has 0 radical (unpaired) electrons. The molecule has 2 aromatic rings. The largest absolute Gasteiger partial charge is 0.389 e. The van der Waals surface area contributed by atoms with Gasteiger partial charge in [-0.15, -0.1) is 0 Å². The van der Waals surface area contributed by atoms with Crippen LogP contribution in [-0.2, 0) is 14.4 Å². The minimum Gasteiger partial charge on any atom is -0.389 e. The summed E-state index contributed by atoms with van der Waals surface area (Å²) in [5.74, 6) is -1.85. The number of para-hydroxylation sites is 1. The molecule has 4 N–H and O–H groups in total. The Bertz CT molecular complexity index is 998. The molecule has 9 nitrogen and oxygen atoms in total. The van der Waals surface area contributed by atoms with Gasteiger partial charge in [-0.25, -0.2) is 0 Å². The van der Waals surface area contributed by atoms with Gasteiger partial charge in [-0.05, 0) is 37.3 Å². The van der Waals surface area contributed by atoms with Crippen molar-refractivity contribution >= 4 is 34.4 Å². The van der Waals surface area contributed by atoms with E-state index in [1.54, 1.807) is 13.1 Å². The number of benzene rings is 1. The average Bonchev–Trinajstić information content (AvgIpc) is 3.41. The van der Waals surface area contributed by atoms with Crippen molar-refractivity contribution in [3.8, 4) is 0 Å². The van der Waals surface area contributed by atoms with Crippen LogP contribution >= 0.6 is 0 Å². The van der Waals surface area contributed by atoms with Crippen molar-refractivity contribution in [3.63, 3.8) is 0 Å². The van der Waals surface area contributed by atoms with Gasteiger partial charge in [-0.2, -0.15) is 0 Å². The van der Waals surface area contributed by atoms with Crippen LogP contribution < -0.4 is 10.6 Å². The summed E-state index contributed by atoms with van der Waals surface area (Å²) in [6.45, 7) is 3.68. The predicted octanol–water partition coefficient (Wildman–Crippen LogP) is 1.23. The van der Waals surface area contributed by atoms with E-state index in [-0.39, 0.29) is 24.2 Å². The van der Waals surface area contributed by atoms with E-state index in [0.29, 0.717) is 25.1 Å². The van der Waals surface area contributed by atoms with E-state index in [1.165, 1.54) is 4.90 Å². The molecule has 33 heavy (non-hydrogen) atoms. The molecule has 0 spiro atoms. The number of hydrogen-bond donors (Lipinski definition) is 4. The number of Topliss-reactive ketones (excluding diaryl/α,β-unsaturated/α-hetero) is 1. The van der Waals surface area contributed by atoms with E-state index >= 15 is 0 Å². The van der Waals surface area contributed by atoms with Gasteiger partial charge in [-0.3, -0.25) is 19.2 Å². The molecule has 3 amide bonds. The van der Waals surface area contributed by atoms with E-state index in [1.807, 2.05) is 38.1 Å². The number of nitrogens with zero attached hydrogens (tertiary/aromatic N) is 1. The molecule has 1 fully saturated rings. The van der Waals surface area contributed by atoms with Gasteiger partial charge in [0.2, 0.25) is 11.8 Å². The first-order chi connectivity index (χ1) is 15.7. The maximum atomic E-state index is 13.3. The number of aliphatic hydroxyl groups excluding tert-OH is 1. The number of hydrogen-bond acceptors (Lipinski definition) is 5. The summed E-state index contributed by atoms with van der Waals surface area (Å²) in [6, 6.07) is 7.44. The second kappa shape index (κ2) is 10.6. The lowest BCUT2D eigenvalue weighted by Gasteiger charge is -2.30. The molecular formula is C24H32N4O5. The summed E-state index contributed by atoms with van der Waals surface area (Å²) < 4.78 is 0. The molecule has 2 heterocycles. The normalized spacial score (nSPS) is 17.6. The molecule has 0 bridgehead atoms. The summed E-state index contributed by atoms with van der Waals surface area (Å²) >= 11 is 0. The summed E-state index contributed by atoms with van der Waals surface area (Å²) in [7, 11) is 1.56. The Morgan fingerprint density at radius 2 is 1.97 bits per heavy atom. The SMILES string of the molecule is CC(C)CC(C(=O)NC(C[C@@H]1CCNC1=O)C(=O)CO)N(C)C(=O)c1cc2ccccc2[nH]1. The molecule has 9 heteroatoms. The van der Waals surface area contributed by atoms with E-state index < -0.39 is 36.3 Å². The summed E-state index contributed by atoms with van der Waals surface area (Å²) in [5, 5.41) is 15.7. The van der Waals surface area contributed by atoms with Gasteiger partial charge in [0, 0.05) is 30.4 Å². The molecule has 1 aliphatic rings. The van der Waals surface area contributed by atoms with E-state index in [0.717, 1.165) is 10.9 Å². The Balaban J connectivity index is 1.78. The highest BCUT2D eigenvalue weighted by atomic mass is 16.3. The Morgan fingerprint density at radius 3 is 2.58 bits per heavy atom. The van der Waals surface area contributed by atoms with Gasteiger partial charge in [0.25, 0.3) is 5.91 Å². The van der Waals surface area contributed by atoms with Gasteiger partial charge in [0.15, 0.2) is 5.78 Å². The minimum absolute atomic E-state index is 0.103. The van der Waals surface area contributed by atoms with Gasteiger partial charge in [0.1, 0.15) is 18.3 Å². The number of carbonyl (C=O) groups is 4. The molecule has 0 aliphatic carbocycles. The van der Waals surface area contributed by atoms with Crippen LogP contribution in [0.15, 0.2) is 30.3 Å². The Morgan fingerprint density at radius 1 is 1.24 bits per heavy atom. The van der Waals surface area contributed by atoms with Crippen LogP contribution in [0, 0.1) is 11.8 Å². The summed E-state index contributed by atoms with van der Waals surface area (Å²) in [6.07, 6.45) is 1.07. The van der Waals surface area contributed by atoms with E-state index in [4.69, 9.17) is 0 Å². The second-order valence-corrected chi connectivity index (χ2v) is 9.03. The number of ketones is 1. The highest BCUT2D eigenvalue weighted by Crippen LogP contribution is 2.20. The lowest BCUT2D eigenvalue weighted by molar-refractivity contribution is -0.133. The first-order valence-electron chi connectivity index (χ1n) is 11.3. The number of aromatic nitrogens is 1. The van der Waals surface area contributed by atoms with Crippen molar-refractivity contribution in [2.75, 3.05) is 20.2 Å². The number of likely N-dealkylation sites (N-methyl/N-ethyl adjacent to an activating group) is 1. The average molecular weight is 457 g/mol. The second-order valence-electron chi connectivity index (χ2n) is 9.03. The van der Waals surface area contributed by atoms with Crippen LogP contribution in [0.3, 0.4) is 0 Å².